The lowest BCUT2D eigenvalue weighted by molar-refractivity contribution is 0.168. The van der Waals surface area contributed by atoms with Crippen LogP contribution >= 0.6 is 15.9 Å². The second kappa shape index (κ2) is 8.95. The summed E-state index contributed by atoms with van der Waals surface area (Å²) >= 11 is 3.61. The molecule has 3 atom stereocenters. The maximum atomic E-state index is 3.61. The highest BCUT2D eigenvalue weighted by Crippen LogP contribution is 2.38. The van der Waals surface area contributed by atoms with Gasteiger partial charge in [-0.15, -0.1) is 0 Å². The standard InChI is InChI=1S/C19H30BrN/c1-3-6-15-9-10-17(14-21-4-2)18(11-15)12-16-7-5-8-19(20)13-16/h5,7-8,13,15,17-18,21H,3-4,6,9-12,14H2,1-2H3. The monoisotopic (exact) mass is 351 g/mol. The van der Waals surface area contributed by atoms with Crippen LogP contribution in [0.15, 0.2) is 28.7 Å². The summed E-state index contributed by atoms with van der Waals surface area (Å²) in [5.74, 6) is 2.67. The number of hydrogen-bond donors (Lipinski definition) is 1. The molecule has 0 heterocycles. The number of benzene rings is 1. The minimum Gasteiger partial charge on any atom is -0.317 e. The summed E-state index contributed by atoms with van der Waals surface area (Å²) in [5.41, 5.74) is 1.49. The highest BCUT2D eigenvalue weighted by Gasteiger charge is 2.29. The molecule has 3 unspecified atom stereocenters. The molecule has 0 saturated heterocycles. The molecule has 0 bridgehead atoms. The van der Waals surface area contributed by atoms with Crippen LogP contribution in [0.2, 0.25) is 0 Å². The van der Waals surface area contributed by atoms with Gasteiger partial charge in [0.05, 0.1) is 0 Å². The summed E-state index contributed by atoms with van der Waals surface area (Å²) in [6.45, 7) is 6.84. The Bertz CT molecular complexity index is 418. The third kappa shape index (κ3) is 5.41. The van der Waals surface area contributed by atoms with Crippen molar-refractivity contribution >= 4 is 15.9 Å². The van der Waals surface area contributed by atoms with Crippen LogP contribution in [-0.4, -0.2) is 13.1 Å². The summed E-state index contributed by atoms with van der Waals surface area (Å²) in [6, 6.07) is 8.89. The second-order valence-electron chi connectivity index (χ2n) is 6.63. The van der Waals surface area contributed by atoms with Crippen molar-refractivity contribution < 1.29 is 0 Å². The van der Waals surface area contributed by atoms with Gasteiger partial charge in [0.25, 0.3) is 0 Å². The molecule has 1 aromatic carbocycles. The zero-order chi connectivity index (χ0) is 15.1. The minimum atomic E-state index is 0.851. The largest absolute Gasteiger partial charge is 0.317 e. The molecule has 0 aromatic heterocycles. The van der Waals surface area contributed by atoms with E-state index in [1.807, 2.05) is 0 Å². The Labute approximate surface area is 139 Å². The normalized spacial score (nSPS) is 26.0. The van der Waals surface area contributed by atoms with Gasteiger partial charge in [0.1, 0.15) is 0 Å². The van der Waals surface area contributed by atoms with Gasteiger partial charge in [-0.25, -0.2) is 0 Å². The average molecular weight is 352 g/mol. The highest BCUT2D eigenvalue weighted by atomic mass is 79.9. The van der Waals surface area contributed by atoms with E-state index in [2.05, 4.69) is 59.4 Å². The van der Waals surface area contributed by atoms with E-state index in [-0.39, 0.29) is 0 Å². The molecule has 2 rings (SSSR count). The van der Waals surface area contributed by atoms with Gasteiger partial charge in [-0.2, -0.15) is 0 Å². The Balaban J connectivity index is 2.01. The topological polar surface area (TPSA) is 12.0 Å². The van der Waals surface area contributed by atoms with Crippen LogP contribution in [0.3, 0.4) is 0 Å². The average Bonchev–Trinajstić information content (AvgIpc) is 2.47. The number of hydrogen-bond acceptors (Lipinski definition) is 1. The van der Waals surface area contributed by atoms with Crippen molar-refractivity contribution in [2.24, 2.45) is 17.8 Å². The van der Waals surface area contributed by atoms with Gasteiger partial charge in [-0.05, 0) is 67.8 Å². The van der Waals surface area contributed by atoms with Gasteiger partial charge < -0.3 is 5.32 Å². The third-order valence-electron chi connectivity index (χ3n) is 4.99. The zero-order valence-corrected chi connectivity index (χ0v) is 15.2. The van der Waals surface area contributed by atoms with Crippen molar-refractivity contribution in [3.05, 3.63) is 34.3 Å². The molecule has 118 valence electrons. The maximum Gasteiger partial charge on any atom is 0.0177 e. The van der Waals surface area contributed by atoms with Crippen molar-refractivity contribution in [2.45, 2.75) is 52.4 Å². The van der Waals surface area contributed by atoms with Gasteiger partial charge >= 0.3 is 0 Å². The molecule has 1 nitrogen and oxygen atoms in total. The summed E-state index contributed by atoms with van der Waals surface area (Å²) in [6.07, 6.45) is 8.29. The fourth-order valence-corrected chi connectivity index (χ4v) is 4.36. The van der Waals surface area contributed by atoms with Crippen LogP contribution in [0.1, 0.15) is 51.5 Å². The van der Waals surface area contributed by atoms with Crippen molar-refractivity contribution in [3.63, 3.8) is 0 Å². The van der Waals surface area contributed by atoms with E-state index in [0.29, 0.717) is 0 Å². The first-order valence-corrected chi connectivity index (χ1v) is 9.47. The molecule has 2 heteroatoms. The molecule has 1 saturated carbocycles. The maximum absolute atomic E-state index is 3.61. The first kappa shape index (κ1) is 17.0. The number of nitrogens with one attached hydrogen (secondary N) is 1. The van der Waals surface area contributed by atoms with E-state index in [4.69, 9.17) is 0 Å². The Morgan fingerprint density at radius 3 is 2.76 bits per heavy atom. The molecular formula is C19H30BrN. The first-order valence-electron chi connectivity index (χ1n) is 8.68. The fraction of sp³-hybridized carbons (Fsp3) is 0.684. The number of halogens is 1. The van der Waals surface area contributed by atoms with Gasteiger partial charge in [0.2, 0.25) is 0 Å². The summed E-state index contributed by atoms with van der Waals surface area (Å²) in [5, 5.41) is 3.58. The lowest BCUT2D eigenvalue weighted by atomic mass is 9.70. The van der Waals surface area contributed by atoms with E-state index in [0.717, 1.165) is 24.3 Å². The van der Waals surface area contributed by atoms with E-state index < -0.39 is 0 Å². The van der Waals surface area contributed by atoms with Crippen LogP contribution in [-0.2, 0) is 6.42 Å². The van der Waals surface area contributed by atoms with Crippen LogP contribution in [0.5, 0.6) is 0 Å². The van der Waals surface area contributed by atoms with Crippen molar-refractivity contribution in [3.8, 4) is 0 Å². The molecular weight excluding hydrogens is 322 g/mol. The van der Waals surface area contributed by atoms with E-state index >= 15 is 0 Å². The highest BCUT2D eigenvalue weighted by molar-refractivity contribution is 9.10. The lowest BCUT2D eigenvalue weighted by Crippen LogP contribution is -2.34. The van der Waals surface area contributed by atoms with E-state index in [9.17, 15) is 0 Å². The summed E-state index contributed by atoms with van der Waals surface area (Å²) in [7, 11) is 0. The first-order chi connectivity index (χ1) is 10.2. The predicted molar refractivity (Wildman–Crippen MR) is 95.6 cm³/mol. The predicted octanol–water partition coefficient (Wildman–Crippen LogP) is 5.43. The Morgan fingerprint density at radius 1 is 1.19 bits per heavy atom. The lowest BCUT2D eigenvalue weighted by Gasteiger charge is -2.36. The van der Waals surface area contributed by atoms with Gasteiger partial charge in [0.15, 0.2) is 0 Å². The summed E-state index contributed by atoms with van der Waals surface area (Å²) < 4.78 is 1.21. The molecule has 0 amide bonds. The smallest absolute Gasteiger partial charge is 0.0177 e. The van der Waals surface area contributed by atoms with Crippen LogP contribution in [0.25, 0.3) is 0 Å². The molecule has 1 fully saturated rings. The van der Waals surface area contributed by atoms with Gasteiger partial charge in [-0.1, -0.05) is 61.2 Å². The molecule has 1 aliphatic rings. The third-order valence-corrected chi connectivity index (χ3v) is 5.48. The number of rotatable bonds is 7. The minimum absolute atomic E-state index is 0.851. The Kier molecular flexibility index (Phi) is 7.25. The van der Waals surface area contributed by atoms with E-state index in [1.165, 1.54) is 55.1 Å². The quantitative estimate of drug-likeness (QED) is 0.690. The van der Waals surface area contributed by atoms with Crippen molar-refractivity contribution in [1.29, 1.82) is 0 Å². The fourth-order valence-electron chi connectivity index (χ4n) is 3.91. The Morgan fingerprint density at radius 2 is 2.05 bits per heavy atom. The zero-order valence-electron chi connectivity index (χ0n) is 13.6. The molecule has 0 spiro atoms. The van der Waals surface area contributed by atoms with Crippen molar-refractivity contribution in [1.82, 2.24) is 5.32 Å². The SMILES string of the molecule is CCCC1CCC(CNCC)C(Cc2cccc(Br)c2)C1. The van der Waals surface area contributed by atoms with Crippen LogP contribution in [0.4, 0.5) is 0 Å². The molecule has 21 heavy (non-hydrogen) atoms. The Hall–Kier alpha value is -0.340. The van der Waals surface area contributed by atoms with Gasteiger partial charge in [-0.3, -0.25) is 0 Å². The van der Waals surface area contributed by atoms with Gasteiger partial charge in [0, 0.05) is 4.47 Å². The van der Waals surface area contributed by atoms with E-state index in [1.54, 1.807) is 0 Å². The second-order valence-corrected chi connectivity index (χ2v) is 7.55. The molecule has 1 aromatic rings. The van der Waals surface area contributed by atoms with Crippen LogP contribution < -0.4 is 5.32 Å². The van der Waals surface area contributed by atoms with Crippen LogP contribution in [0, 0.1) is 17.8 Å². The molecule has 0 aliphatic heterocycles. The molecule has 0 radical (unpaired) electrons. The molecule has 1 N–H and O–H groups in total. The van der Waals surface area contributed by atoms with Crippen molar-refractivity contribution in [2.75, 3.05) is 13.1 Å². The summed E-state index contributed by atoms with van der Waals surface area (Å²) in [4.78, 5) is 0. The molecule has 1 aliphatic carbocycles.